The monoisotopic (exact) mass is 573 g/mol. The van der Waals surface area contributed by atoms with E-state index in [2.05, 4.69) is 15.9 Å². The third-order valence-corrected chi connectivity index (χ3v) is 7.15. The number of hydrogen-bond acceptors (Lipinski definition) is 5. The number of amides is 1. The average Bonchev–Trinajstić information content (AvgIpc) is 3.08. The van der Waals surface area contributed by atoms with E-state index in [1.165, 1.54) is 11.8 Å². The second-order valence-corrected chi connectivity index (χ2v) is 10.5. The van der Waals surface area contributed by atoms with Gasteiger partial charge >= 0.3 is 0 Å². The number of aryl methyl sites for hydroxylation is 1. The van der Waals surface area contributed by atoms with E-state index in [-0.39, 0.29) is 5.91 Å². The number of benzene rings is 3. The lowest BCUT2D eigenvalue weighted by Gasteiger charge is -2.15. The summed E-state index contributed by atoms with van der Waals surface area (Å²) in [6.07, 6.45) is 1.82. The Labute approximate surface area is 222 Å². The molecule has 3 aromatic carbocycles. The van der Waals surface area contributed by atoms with Crippen LogP contribution in [0.4, 0.5) is 5.69 Å². The molecule has 0 saturated carbocycles. The summed E-state index contributed by atoms with van der Waals surface area (Å²) in [6, 6.07) is 19.0. The molecule has 0 unspecified atom stereocenters. The van der Waals surface area contributed by atoms with Gasteiger partial charge in [0.2, 0.25) is 0 Å². The molecule has 0 bridgehead atoms. The normalized spacial score (nSPS) is 14.7. The molecule has 1 heterocycles. The Morgan fingerprint density at radius 3 is 2.47 bits per heavy atom. The van der Waals surface area contributed by atoms with E-state index in [0.29, 0.717) is 39.0 Å². The van der Waals surface area contributed by atoms with Gasteiger partial charge in [-0.1, -0.05) is 65.4 Å². The molecular weight excluding hydrogens is 554 g/mol. The molecule has 1 aliphatic rings. The van der Waals surface area contributed by atoms with E-state index in [1.54, 1.807) is 4.90 Å². The second kappa shape index (κ2) is 11.0. The van der Waals surface area contributed by atoms with Crippen LogP contribution in [0.1, 0.15) is 23.6 Å². The molecule has 0 aromatic heterocycles. The zero-order valence-corrected chi connectivity index (χ0v) is 22.5. The molecular formula is C26H21BrClNO3S2. The Morgan fingerprint density at radius 2 is 1.79 bits per heavy atom. The lowest BCUT2D eigenvalue weighted by Crippen LogP contribution is -2.27. The number of anilines is 1. The molecule has 4 nitrogen and oxygen atoms in total. The second-order valence-electron chi connectivity index (χ2n) is 7.53. The molecule has 0 aliphatic carbocycles. The van der Waals surface area contributed by atoms with Crippen LogP contribution in [-0.2, 0) is 11.4 Å². The molecule has 1 saturated heterocycles. The first kappa shape index (κ1) is 24.8. The summed E-state index contributed by atoms with van der Waals surface area (Å²) in [4.78, 5) is 15.2. The number of rotatable bonds is 7. The number of halogens is 2. The van der Waals surface area contributed by atoms with Crippen LogP contribution in [-0.4, -0.2) is 16.8 Å². The fraction of sp³-hybridized carbons (Fsp3) is 0.154. The summed E-state index contributed by atoms with van der Waals surface area (Å²) in [7, 11) is 0. The standard InChI is InChI=1S/C26H21BrClNO3S2/c1-3-31-22-13-18(12-21(27)24(22)32-15-17-6-8-19(28)9-7-17)14-23-25(30)29(26(33)34-23)20-10-4-16(2)5-11-20/h4-14H,3,15H2,1-2H3/b23-14-. The van der Waals surface area contributed by atoms with Gasteiger partial charge < -0.3 is 9.47 Å². The summed E-state index contributed by atoms with van der Waals surface area (Å²) in [5, 5.41) is 0.678. The first-order valence-electron chi connectivity index (χ1n) is 10.5. The molecule has 0 atom stereocenters. The average molecular weight is 575 g/mol. The number of carbonyl (C=O) groups excluding carboxylic acids is 1. The zero-order chi connectivity index (χ0) is 24.2. The molecule has 1 aliphatic heterocycles. The van der Waals surface area contributed by atoms with Crippen LogP contribution >= 0.6 is 51.5 Å². The van der Waals surface area contributed by atoms with E-state index < -0.39 is 0 Å². The highest BCUT2D eigenvalue weighted by molar-refractivity contribution is 9.10. The molecule has 0 radical (unpaired) electrons. The summed E-state index contributed by atoms with van der Waals surface area (Å²) in [5.74, 6) is 1.04. The molecule has 4 rings (SSSR count). The number of ether oxygens (including phenoxy) is 2. The maximum absolute atomic E-state index is 13.1. The third-order valence-electron chi connectivity index (χ3n) is 5.01. The molecule has 1 amide bonds. The maximum atomic E-state index is 13.1. The van der Waals surface area contributed by atoms with Crippen molar-refractivity contribution in [1.82, 2.24) is 0 Å². The van der Waals surface area contributed by atoms with Gasteiger partial charge in [0.1, 0.15) is 6.61 Å². The predicted octanol–water partition coefficient (Wildman–Crippen LogP) is 7.79. The molecule has 0 N–H and O–H groups in total. The Bertz CT molecular complexity index is 1260. The van der Waals surface area contributed by atoms with Crippen molar-refractivity contribution >= 4 is 73.5 Å². The Kier molecular flexibility index (Phi) is 7.99. The van der Waals surface area contributed by atoms with Crippen LogP contribution in [0, 0.1) is 6.92 Å². The van der Waals surface area contributed by atoms with Crippen molar-refractivity contribution in [3.8, 4) is 11.5 Å². The van der Waals surface area contributed by atoms with Crippen molar-refractivity contribution in [3.05, 3.63) is 91.8 Å². The number of thiocarbonyl (C=S) groups is 1. The van der Waals surface area contributed by atoms with Gasteiger partial charge in [0, 0.05) is 5.02 Å². The molecule has 1 fully saturated rings. The van der Waals surface area contributed by atoms with E-state index in [0.717, 1.165) is 26.9 Å². The van der Waals surface area contributed by atoms with Gasteiger partial charge in [-0.3, -0.25) is 9.69 Å². The van der Waals surface area contributed by atoms with Gasteiger partial charge in [-0.05, 0) is 83.4 Å². The van der Waals surface area contributed by atoms with Crippen LogP contribution in [0.5, 0.6) is 11.5 Å². The summed E-state index contributed by atoms with van der Waals surface area (Å²) in [5.41, 5.74) is 3.68. The van der Waals surface area contributed by atoms with E-state index >= 15 is 0 Å². The van der Waals surface area contributed by atoms with Crippen molar-refractivity contribution in [2.75, 3.05) is 11.5 Å². The first-order chi connectivity index (χ1) is 16.4. The first-order valence-corrected chi connectivity index (χ1v) is 12.9. The largest absolute Gasteiger partial charge is 0.490 e. The molecule has 8 heteroatoms. The number of carbonyl (C=O) groups is 1. The SMILES string of the molecule is CCOc1cc(/C=C2\SC(=S)N(c3ccc(C)cc3)C2=O)cc(Br)c1OCc1ccc(Cl)cc1. The van der Waals surface area contributed by atoms with Crippen molar-refractivity contribution in [2.24, 2.45) is 0 Å². The van der Waals surface area contributed by atoms with Crippen LogP contribution in [0.15, 0.2) is 70.0 Å². The van der Waals surface area contributed by atoms with E-state index in [9.17, 15) is 4.79 Å². The Hall–Kier alpha value is -2.32. The zero-order valence-electron chi connectivity index (χ0n) is 18.5. The van der Waals surface area contributed by atoms with Gasteiger partial charge in [0.15, 0.2) is 15.8 Å². The minimum Gasteiger partial charge on any atom is -0.490 e. The maximum Gasteiger partial charge on any atom is 0.270 e. The van der Waals surface area contributed by atoms with Crippen molar-refractivity contribution < 1.29 is 14.3 Å². The lowest BCUT2D eigenvalue weighted by atomic mass is 10.1. The van der Waals surface area contributed by atoms with Crippen LogP contribution in [0.3, 0.4) is 0 Å². The summed E-state index contributed by atoms with van der Waals surface area (Å²) >= 11 is 16.3. The Morgan fingerprint density at radius 1 is 1.09 bits per heavy atom. The highest BCUT2D eigenvalue weighted by Gasteiger charge is 2.33. The predicted molar refractivity (Wildman–Crippen MR) is 148 cm³/mol. The van der Waals surface area contributed by atoms with Crippen LogP contribution in [0.2, 0.25) is 5.02 Å². The van der Waals surface area contributed by atoms with Gasteiger partial charge in [-0.25, -0.2) is 0 Å². The fourth-order valence-corrected chi connectivity index (χ4v) is 5.35. The van der Waals surface area contributed by atoms with Gasteiger partial charge in [0.05, 0.1) is 21.7 Å². The quantitative estimate of drug-likeness (QED) is 0.213. The fourth-order valence-electron chi connectivity index (χ4n) is 3.35. The highest BCUT2D eigenvalue weighted by atomic mass is 79.9. The lowest BCUT2D eigenvalue weighted by molar-refractivity contribution is -0.113. The summed E-state index contributed by atoms with van der Waals surface area (Å²) in [6.45, 7) is 4.76. The minimum absolute atomic E-state index is 0.143. The molecule has 0 spiro atoms. The smallest absolute Gasteiger partial charge is 0.270 e. The van der Waals surface area contributed by atoms with Gasteiger partial charge in [-0.2, -0.15) is 0 Å². The third kappa shape index (κ3) is 5.66. The van der Waals surface area contributed by atoms with E-state index in [4.69, 9.17) is 33.3 Å². The highest BCUT2D eigenvalue weighted by Crippen LogP contribution is 2.40. The Balaban J connectivity index is 1.59. The van der Waals surface area contributed by atoms with Crippen molar-refractivity contribution in [1.29, 1.82) is 0 Å². The summed E-state index contributed by atoms with van der Waals surface area (Å²) < 4.78 is 13.1. The minimum atomic E-state index is -0.143. The van der Waals surface area contributed by atoms with E-state index in [1.807, 2.05) is 80.6 Å². The van der Waals surface area contributed by atoms with Gasteiger partial charge in [-0.15, -0.1) is 0 Å². The van der Waals surface area contributed by atoms with Gasteiger partial charge in [0.25, 0.3) is 5.91 Å². The van der Waals surface area contributed by atoms with Crippen LogP contribution < -0.4 is 14.4 Å². The van der Waals surface area contributed by atoms with Crippen LogP contribution in [0.25, 0.3) is 6.08 Å². The topological polar surface area (TPSA) is 38.8 Å². The number of nitrogens with zero attached hydrogens (tertiary/aromatic N) is 1. The van der Waals surface area contributed by atoms with Crippen molar-refractivity contribution in [2.45, 2.75) is 20.5 Å². The number of thioether (sulfide) groups is 1. The van der Waals surface area contributed by atoms with Crippen molar-refractivity contribution in [3.63, 3.8) is 0 Å². The molecule has 3 aromatic rings. The molecule has 34 heavy (non-hydrogen) atoms. The number of hydrogen-bond donors (Lipinski definition) is 0. The molecule has 174 valence electrons.